The van der Waals surface area contributed by atoms with Gasteiger partial charge in [-0.3, -0.25) is 0 Å². The average Bonchev–Trinajstić information content (AvgIpc) is 2.56. The minimum Gasteiger partial charge on any atom is -0.248 e. The van der Waals surface area contributed by atoms with Crippen LogP contribution in [-0.4, -0.2) is 5.71 Å². The first-order valence-corrected chi connectivity index (χ1v) is 7.50. The molecule has 0 heterocycles. The summed E-state index contributed by atoms with van der Waals surface area (Å²) in [7, 11) is 0. The fraction of sp³-hybridized carbons (Fsp3) is 0.0952. The van der Waals surface area contributed by atoms with Crippen molar-refractivity contribution in [2.75, 3.05) is 0 Å². The molecule has 3 aromatic rings. The van der Waals surface area contributed by atoms with Gasteiger partial charge in [-0.25, -0.2) is 4.99 Å². The lowest BCUT2D eigenvalue weighted by Gasteiger charge is -2.09. The molecular formula is C21H19N. The molecule has 0 atom stereocenters. The first-order valence-electron chi connectivity index (χ1n) is 7.50. The average molecular weight is 285 g/mol. The highest BCUT2D eigenvalue weighted by Crippen LogP contribution is 2.18. The molecule has 3 aromatic carbocycles. The van der Waals surface area contributed by atoms with E-state index in [2.05, 4.69) is 62.4 Å². The molecule has 22 heavy (non-hydrogen) atoms. The van der Waals surface area contributed by atoms with Gasteiger partial charge in [-0.05, 0) is 26.0 Å². The fourth-order valence-corrected chi connectivity index (χ4v) is 2.35. The van der Waals surface area contributed by atoms with E-state index in [4.69, 9.17) is 4.99 Å². The summed E-state index contributed by atoms with van der Waals surface area (Å²) < 4.78 is 0. The monoisotopic (exact) mass is 285 g/mol. The Kier molecular flexibility index (Phi) is 4.15. The summed E-state index contributed by atoms with van der Waals surface area (Å²) in [5.74, 6) is 0. The van der Waals surface area contributed by atoms with Gasteiger partial charge in [0.25, 0.3) is 0 Å². The van der Waals surface area contributed by atoms with Gasteiger partial charge in [-0.2, -0.15) is 0 Å². The molecule has 0 aliphatic heterocycles. The summed E-state index contributed by atoms with van der Waals surface area (Å²) in [6.07, 6.45) is 0. The van der Waals surface area contributed by atoms with Crippen molar-refractivity contribution >= 4 is 11.4 Å². The molecule has 0 saturated heterocycles. The predicted octanol–water partition coefficient (Wildman–Crippen LogP) is 5.47. The molecule has 0 bridgehead atoms. The van der Waals surface area contributed by atoms with Crippen molar-refractivity contribution in [1.82, 2.24) is 0 Å². The van der Waals surface area contributed by atoms with Gasteiger partial charge in [0.1, 0.15) is 0 Å². The van der Waals surface area contributed by atoms with Gasteiger partial charge in [-0.15, -0.1) is 0 Å². The zero-order chi connectivity index (χ0) is 15.4. The van der Waals surface area contributed by atoms with Crippen LogP contribution in [0.3, 0.4) is 0 Å². The Bertz CT molecular complexity index is 719. The first-order chi connectivity index (χ1) is 10.7. The summed E-state index contributed by atoms with van der Waals surface area (Å²) in [4.78, 5) is 4.88. The zero-order valence-corrected chi connectivity index (χ0v) is 13.0. The molecule has 0 N–H and O–H groups in total. The van der Waals surface area contributed by atoms with E-state index < -0.39 is 0 Å². The van der Waals surface area contributed by atoms with E-state index in [9.17, 15) is 0 Å². The van der Waals surface area contributed by atoms with E-state index in [0.717, 1.165) is 22.5 Å². The van der Waals surface area contributed by atoms with E-state index in [-0.39, 0.29) is 0 Å². The lowest BCUT2D eigenvalue weighted by Crippen LogP contribution is -2.03. The van der Waals surface area contributed by atoms with Gasteiger partial charge in [-0.1, -0.05) is 77.9 Å². The molecular weight excluding hydrogens is 266 g/mol. The highest BCUT2D eigenvalue weighted by atomic mass is 14.7. The highest BCUT2D eigenvalue weighted by Gasteiger charge is 2.07. The van der Waals surface area contributed by atoms with Crippen LogP contribution in [0.4, 0.5) is 5.69 Å². The topological polar surface area (TPSA) is 12.4 Å². The Hall–Kier alpha value is -2.67. The smallest absolute Gasteiger partial charge is 0.0781 e. The number of rotatable bonds is 3. The third-order valence-electron chi connectivity index (χ3n) is 3.65. The molecule has 3 rings (SSSR count). The standard InChI is InChI=1S/C21H19N/c1-16-8-12-18(13-9-16)21(19-14-10-17(2)11-15-19)22-20-6-4-3-5-7-20/h3-15H,1-2H3. The van der Waals surface area contributed by atoms with Crippen LogP contribution in [0.5, 0.6) is 0 Å². The van der Waals surface area contributed by atoms with Crippen LogP contribution in [-0.2, 0) is 0 Å². The van der Waals surface area contributed by atoms with E-state index in [1.54, 1.807) is 0 Å². The van der Waals surface area contributed by atoms with Crippen molar-refractivity contribution in [2.45, 2.75) is 13.8 Å². The molecule has 0 amide bonds. The lowest BCUT2D eigenvalue weighted by atomic mass is 10.00. The number of hydrogen-bond donors (Lipinski definition) is 0. The zero-order valence-electron chi connectivity index (χ0n) is 13.0. The largest absolute Gasteiger partial charge is 0.248 e. The molecule has 0 aliphatic carbocycles. The second kappa shape index (κ2) is 6.40. The van der Waals surface area contributed by atoms with E-state index >= 15 is 0 Å². The number of benzene rings is 3. The summed E-state index contributed by atoms with van der Waals surface area (Å²) in [5.41, 5.74) is 6.76. The first kappa shape index (κ1) is 14.3. The fourth-order valence-electron chi connectivity index (χ4n) is 2.35. The van der Waals surface area contributed by atoms with Crippen molar-refractivity contribution in [3.05, 3.63) is 101 Å². The van der Waals surface area contributed by atoms with Gasteiger partial charge < -0.3 is 0 Å². The van der Waals surface area contributed by atoms with Crippen LogP contribution >= 0.6 is 0 Å². The maximum Gasteiger partial charge on any atom is 0.0781 e. The van der Waals surface area contributed by atoms with E-state index in [1.807, 2.05) is 30.3 Å². The van der Waals surface area contributed by atoms with Gasteiger partial charge >= 0.3 is 0 Å². The van der Waals surface area contributed by atoms with E-state index in [0.29, 0.717) is 0 Å². The number of para-hydroxylation sites is 1. The minimum absolute atomic E-state index is 0.971. The predicted molar refractivity (Wildman–Crippen MR) is 94.1 cm³/mol. The Morgan fingerprint density at radius 3 is 1.50 bits per heavy atom. The van der Waals surface area contributed by atoms with Crippen LogP contribution in [0.15, 0.2) is 83.9 Å². The lowest BCUT2D eigenvalue weighted by molar-refractivity contribution is 1.42. The number of nitrogens with zero attached hydrogens (tertiary/aromatic N) is 1. The molecule has 108 valence electrons. The Labute approximate surface area is 132 Å². The van der Waals surface area contributed by atoms with E-state index in [1.165, 1.54) is 11.1 Å². The molecule has 0 spiro atoms. The maximum atomic E-state index is 4.88. The van der Waals surface area contributed by atoms with Crippen LogP contribution in [0.25, 0.3) is 0 Å². The van der Waals surface area contributed by atoms with Gasteiger partial charge in [0.05, 0.1) is 11.4 Å². The van der Waals surface area contributed by atoms with Crippen molar-refractivity contribution in [2.24, 2.45) is 4.99 Å². The second-order valence-corrected chi connectivity index (χ2v) is 5.53. The third kappa shape index (κ3) is 3.32. The highest BCUT2D eigenvalue weighted by molar-refractivity contribution is 6.14. The molecule has 0 aliphatic rings. The number of aliphatic imine (C=N–C) groups is 1. The SMILES string of the molecule is Cc1ccc(C(=Nc2ccccc2)c2ccc(C)cc2)cc1. The summed E-state index contributed by atoms with van der Waals surface area (Å²) >= 11 is 0. The van der Waals surface area contributed by atoms with Gasteiger partial charge in [0.15, 0.2) is 0 Å². The molecule has 0 saturated carbocycles. The van der Waals surface area contributed by atoms with Crippen molar-refractivity contribution in [3.8, 4) is 0 Å². The summed E-state index contributed by atoms with van der Waals surface area (Å²) in [6, 6.07) is 27.2. The summed E-state index contributed by atoms with van der Waals surface area (Å²) in [5, 5.41) is 0. The van der Waals surface area contributed by atoms with Crippen molar-refractivity contribution in [3.63, 3.8) is 0 Å². The Balaban J connectivity index is 2.11. The molecule has 1 heteroatoms. The molecule has 1 nitrogen and oxygen atoms in total. The van der Waals surface area contributed by atoms with Crippen LogP contribution in [0.1, 0.15) is 22.3 Å². The number of aryl methyl sites for hydroxylation is 2. The van der Waals surface area contributed by atoms with Crippen LogP contribution in [0, 0.1) is 13.8 Å². The van der Waals surface area contributed by atoms with Crippen molar-refractivity contribution < 1.29 is 0 Å². The minimum atomic E-state index is 0.971. The van der Waals surface area contributed by atoms with Gasteiger partial charge in [0, 0.05) is 11.1 Å². The maximum absolute atomic E-state index is 4.88. The summed E-state index contributed by atoms with van der Waals surface area (Å²) in [6.45, 7) is 4.20. The number of hydrogen-bond acceptors (Lipinski definition) is 1. The second-order valence-electron chi connectivity index (χ2n) is 5.53. The van der Waals surface area contributed by atoms with Crippen LogP contribution < -0.4 is 0 Å². The Morgan fingerprint density at radius 1 is 0.591 bits per heavy atom. The van der Waals surface area contributed by atoms with Crippen molar-refractivity contribution in [1.29, 1.82) is 0 Å². The quantitative estimate of drug-likeness (QED) is 0.566. The molecule has 0 unspecified atom stereocenters. The molecule has 0 radical (unpaired) electrons. The normalized spacial score (nSPS) is 10.3. The third-order valence-corrected chi connectivity index (χ3v) is 3.65. The molecule has 0 fully saturated rings. The molecule has 0 aromatic heterocycles. The van der Waals surface area contributed by atoms with Gasteiger partial charge in [0.2, 0.25) is 0 Å². The van der Waals surface area contributed by atoms with Crippen LogP contribution in [0.2, 0.25) is 0 Å². The Morgan fingerprint density at radius 2 is 1.05 bits per heavy atom.